The van der Waals surface area contributed by atoms with Crippen LogP contribution in [0.2, 0.25) is 0 Å². The third-order valence-electron chi connectivity index (χ3n) is 5.40. The third kappa shape index (κ3) is 6.82. The molecule has 1 fully saturated rings. The van der Waals surface area contributed by atoms with Gasteiger partial charge in [0.05, 0.1) is 0 Å². The molecule has 10 heteroatoms. The summed E-state index contributed by atoms with van der Waals surface area (Å²) in [4.78, 5) is 27.2. The summed E-state index contributed by atoms with van der Waals surface area (Å²) >= 11 is 1.11. The highest BCUT2D eigenvalue weighted by Gasteiger charge is 2.15. The lowest BCUT2D eigenvalue weighted by Gasteiger charge is -2.26. The number of amides is 2. The molecule has 0 aliphatic carbocycles. The van der Waals surface area contributed by atoms with E-state index in [-0.39, 0.29) is 23.3 Å². The third-order valence-corrected chi connectivity index (χ3v) is 6.30. The summed E-state index contributed by atoms with van der Waals surface area (Å²) in [6.45, 7) is 3.79. The molecule has 0 unspecified atom stereocenters. The normalized spacial score (nSPS) is 13.9. The van der Waals surface area contributed by atoms with Gasteiger partial charge in [0, 0.05) is 24.3 Å². The van der Waals surface area contributed by atoms with Crippen LogP contribution in [0.5, 0.6) is 5.75 Å². The van der Waals surface area contributed by atoms with E-state index in [1.54, 1.807) is 24.3 Å². The largest absolute Gasteiger partial charge is 0.486 e. The van der Waals surface area contributed by atoms with Crippen LogP contribution in [0.1, 0.15) is 44.4 Å². The Morgan fingerprint density at radius 3 is 2.44 bits per heavy atom. The van der Waals surface area contributed by atoms with Gasteiger partial charge in [-0.05, 0) is 74.5 Å². The van der Waals surface area contributed by atoms with Gasteiger partial charge >= 0.3 is 0 Å². The fraction of sp³-hybridized carbons (Fsp3) is 0.333. The minimum atomic E-state index is -0.399. The lowest BCUT2D eigenvalue weighted by molar-refractivity contribution is 0.0946. The van der Waals surface area contributed by atoms with E-state index < -0.39 is 5.91 Å². The SMILES string of the molecule is O=C(NCCN1CCCCC1)c1ccc(NC(=O)c2nnc(COc3ccc(F)cc3)s2)cc1. The molecule has 1 aliphatic heterocycles. The van der Waals surface area contributed by atoms with Gasteiger partial charge in [-0.25, -0.2) is 4.39 Å². The molecule has 2 N–H and O–H groups in total. The first-order valence-electron chi connectivity index (χ1n) is 11.2. The number of piperidine rings is 1. The molecule has 4 rings (SSSR count). The van der Waals surface area contributed by atoms with E-state index in [0.29, 0.717) is 28.6 Å². The number of nitrogens with one attached hydrogen (secondary N) is 2. The quantitative estimate of drug-likeness (QED) is 0.482. The summed E-state index contributed by atoms with van der Waals surface area (Å²) in [6.07, 6.45) is 3.74. The number of nitrogens with zero attached hydrogens (tertiary/aromatic N) is 3. The van der Waals surface area contributed by atoms with Crippen molar-refractivity contribution in [3.05, 3.63) is 69.9 Å². The van der Waals surface area contributed by atoms with Crippen molar-refractivity contribution in [1.29, 1.82) is 0 Å². The number of benzene rings is 2. The lowest BCUT2D eigenvalue weighted by atomic mass is 10.1. The van der Waals surface area contributed by atoms with Crippen molar-refractivity contribution in [2.45, 2.75) is 25.9 Å². The molecule has 8 nitrogen and oxygen atoms in total. The van der Waals surface area contributed by atoms with Crippen molar-refractivity contribution in [1.82, 2.24) is 20.4 Å². The van der Waals surface area contributed by atoms with Crippen LogP contribution >= 0.6 is 11.3 Å². The number of aromatic nitrogens is 2. The molecular weight excluding hydrogens is 457 g/mol. The van der Waals surface area contributed by atoms with Gasteiger partial charge in [0.25, 0.3) is 11.8 Å². The molecule has 0 radical (unpaired) electrons. The van der Waals surface area contributed by atoms with Gasteiger partial charge in [-0.1, -0.05) is 17.8 Å². The van der Waals surface area contributed by atoms with Gasteiger partial charge in [0.1, 0.15) is 18.2 Å². The Hall–Kier alpha value is -3.37. The Kier molecular flexibility index (Phi) is 8.16. The molecule has 0 atom stereocenters. The van der Waals surface area contributed by atoms with Crippen molar-refractivity contribution < 1.29 is 18.7 Å². The number of carbonyl (C=O) groups excluding carboxylic acids is 2. The highest BCUT2D eigenvalue weighted by Crippen LogP contribution is 2.17. The Bertz CT molecular complexity index is 1100. The smallest absolute Gasteiger partial charge is 0.286 e. The van der Waals surface area contributed by atoms with Crippen LogP contribution in [0.15, 0.2) is 48.5 Å². The molecule has 1 aliphatic rings. The zero-order valence-corrected chi connectivity index (χ0v) is 19.4. The first kappa shape index (κ1) is 23.8. The van der Waals surface area contributed by atoms with Gasteiger partial charge in [-0.3, -0.25) is 9.59 Å². The topological polar surface area (TPSA) is 96.5 Å². The number of hydrogen-bond donors (Lipinski definition) is 2. The minimum Gasteiger partial charge on any atom is -0.486 e. The van der Waals surface area contributed by atoms with E-state index in [4.69, 9.17) is 4.74 Å². The van der Waals surface area contributed by atoms with Crippen molar-refractivity contribution in [2.75, 3.05) is 31.5 Å². The summed E-state index contributed by atoms with van der Waals surface area (Å²) in [5.74, 6) is -0.379. The van der Waals surface area contributed by atoms with Crippen molar-refractivity contribution >= 4 is 28.8 Å². The zero-order chi connectivity index (χ0) is 23.8. The van der Waals surface area contributed by atoms with Crippen molar-refractivity contribution in [2.24, 2.45) is 0 Å². The molecule has 3 aromatic rings. The molecule has 0 spiro atoms. The lowest BCUT2D eigenvalue weighted by Crippen LogP contribution is -2.37. The summed E-state index contributed by atoms with van der Waals surface area (Å²) in [5, 5.41) is 14.3. The van der Waals surface area contributed by atoms with Crippen LogP contribution in [0.4, 0.5) is 10.1 Å². The zero-order valence-electron chi connectivity index (χ0n) is 18.6. The van der Waals surface area contributed by atoms with Crippen LogP contribution in [0, 0.1) is 5.82 Å². The number of rotatable bonds is 9. The molecule has 1 aromatic heterocycles. The molecule has 0 saturated carbocycles. The summed E-state index contributed by atoms with van der Waals surface area (Å²) in [7, 11) is 0. The van der Waals surface area contributed by atoms with E-state index in [1.807, 2.05) is 0 Å². The van der Waals surface area contributed by atoms with Crippen LogP contribution in [0.3, 0.4) is 0 Å². The first-order chi connectivity index (χ1) is 16.6. The maximum atomic E-state index is 13.0. The number of anilines is 1. The van der Waals surface area contributed by atoms with Crippen LogP contribution in [-0.2, 0) is 6.61 Å². The Labute approximate surface area is 201 Å². The minimum absolute atomic E-state index is 0.123. The number of likely N-dealkylation sites (tertiary alicyclic amines) is 1. The standard InChI is InChI=1S/C24H26FN5O3S/c25-18-6-10-20(11-7-18)33-16-21-28-29-24(34-21)23(32)27-19-8-4-17(5-9-19)22(31)26-12-15-30-13-2-1-3-14-30/h4-11H,1-3,12-16H2,(H,26,31)(H,27,32). The highest BCUT2D eigenvalue weighted by atomic mass is 32.1. The van der Waals surface area contributed by atoms with E-state index >= 15 is 0 Å². The van der Waals surface area contributed by atoms with E-state index in [0.717, 1.165) is 31.0 Å². The molecule has 0 bridgehead atoms. The maximum Gasteiger partial charge on any atom is 0.286 e. The van der Waals surface area contributed by atoms with Crippen molar-refractivity contribution in [3.8, 4) is 5.75 Å². The van der Waals surface area contributed by atoms with E-state index in [9.17, 15) is 14.0 Å². The maximum absolute atomic E-state index is 13.0. The molecule has 34 heavy (non-hydrogen) atoms. The molecule has 2 aromatic carbocycles. The highest BCUT2D eigenvalue weighted by molar-refractivity contribution is 7.13. The second-order valence-corrected chi connectivity index (χ2v) is 9.00. The number of hydrogen-bond acceptors (Lipinski definition) is 7. The van der Waals surface area contributed by atoms with Gasteiger partial charge in [0.15, 0.2) is 5.01 Å². The first-order valence-corrected chi connectivity index (χ1v) is 12.0. The van der Waals surface area contributed by atoms with Gasteiger partial charge in [0.2, 0.25) is 5.01 Å². The Balaban J connectivity index is 1.23. The number of ether oxygens (including phenoxy) is 1. The molecular formula is C24H26FN5O3S. The van der Waals surface area contributed by atoms with Crippen LogP contribution in [0.25, 0.3) is 0 Å². The molecule has 1 saturated heterocycles. The van der Waals surface area contributed by atoms with E-state index in [1.165, 1.54) is 43.5 Å². The van der Waals surface area contributed by atoms with Gasteiger partial charge < -0.3 is 20.3 Å². The monoisotopic (exact) mass is 483 g/mol. The molecule has 178 valence electrons. The van der Waals surface area contributed by atoms with Gasteiger partial charge in [-0.2, -0.15) is 0 Å². The van der Waals surface area contributed by atoms with Crippen molar-refractivity contribution in [3.63, 3.8) is 0 Å². The second kappa shape index (κ2) is 11.7. The molecule has 2 heterocycles. The Morgan fingerprint density at radius 2 is 1.71 bits per heavy atom. The second-order valence-electron chi connectivity index (χ2n) is 7.93. The fourth-order valence-corrected chi connectivity index (χ4v) is 4.23. The van der Waals surface area contributed by atoms with Crippen LogP contribution < -0.4 is 15.4 Å². The number of carbonyl (C=O) groups is 2. The predicted molar refractivity (Wildman–Crippen MR) is 128 cm³/mol. The molecule has 2 amide bonds. The summed E-state index contributed by atoms with van der Waals surface area (Å²) in [6, 6.07) is 12.3. The summed E-state index contributed by atoms with van der Waals surface area (Å²) in [5.41, 5.74) is 1.09. The average Bonchev–Trinajstić information content (AvgIpc) is 3.34. The van der Waals surface area contributed by atoms with Crippen LogP contribution in [-0.4, -0.2) is 53.1 Å². The predicted octanol–water partition coefficient (Wildman–Crippen LogP) is 3.72. The summed E-state index contributed by atoms with van der Waals surface area (Å²) < 4.78 is 18.5. The van der Waals surface area contributed by atoms with Gasteiger partial charge in [-0.15, -0.1) is 10.2 Å². The Morgan fingerprint density at radius 1 is 0.971 bits per heavy atom. The number of halogens is 1. The van der Waals surface area contributed by atoms with E-state index in [2.05, 4.69) is 25.7 Å². The average molecular weight is 484 g/mol. The fourth-order valence-electron chi connectivity index (χ4n) is 3.58.